The number of nitrogens with one attached hydrogen (secondary N) is 1. The third-order valence-electron chi connectivity index (χ3n) is 3.82. The van der Waals surface area contributed by atoms with E-state index < -0.39 is 0 Å². The van der Waals surface area contributed by atoms with Gasteiger partial charge in [-0.3, -0.25) is 5.41 Å². The van der Waals surface area contributed by atoms with Gasteiger partial charge in [0.25, 0.3) is 0 Å². The zero-order valence-electron chi connectivity index (χ0n) is 11.5. The minimum Gasteiger partial charge on any atom is -0.490 e. The van der Waals surface area contributed by atoms with Crippen molar-refractivity contribution in [2.75, 3.05) is 0 Å². The van der Waals surface area contributed by atoms with Gasteiger partial charge in [0.2, 0.25) is 0 Å². The van der Waals surface area contributed by atoms with Crippen molar-refractivity contribution in [1.82, 2.24) is 0 Å². The fourth-order valence-electron chi connectivity index (χ4n) is 2.47. The van der Waals surface area contributed by atoms with E-state index in [4.69, 9.17) is 15.9 Å². The minimum absolute atomic E-state index is 0.0674. The van der Waals surface area contributed by atoms with E-state index in [0.717, 1.165) is 23.1 Å². The Morgan fingerprint density at radius 3 is 2.53 bits per heavy atom. The summed E-state index contributed by atoms with van der Waals surface area (Å²) in [4.78, 5) is 0. The number of benzene rings is 1. The first-order chi connectivity index (χ1) is 8.87. The van der Waals surface area contributed by atoms with Gasteiger partial charge in [0.05, 0.1) is 6.10 Å². The lowest BCUT2D eigenvalue weighted by Gasteiger charge is -2.34. The van der Waals surface area contributed by atoms with Crippen LogP contribution < -0.4 is 10.5 Å². The SMILES string of the molecule is CC1(C)CCC(Oc2ccc(C(=N)N)c(Br)c2)CC1. The van der Waals surface area contributed by atoms with Crippen LogP contribution in [0.25, 0.3) is 0 Å². The highest BCUT2D eigenvalue weighted by atomic mass is 79.9. The molecule has 4 heteroatoms. The van der Waals surface area contributed by atoms with Crippen LogP contribution in [0.15, 0.2) is 22.7 Å². The average Bonchev–Trinajstić information content (AvgIpc) is 2.31. The van der Waals surface area contributed by atoms with Crippen LogP contribution in [0.2, 0.25) is 0 Å². The maximum atomic E-state index is 7.45. The second-order valence-corrected chi connectivity index (χ2v) is 6.89. The summed E-state index contributed by atoms with van der Waals surface area (Å²) in [5.41, 5.74) is 6.65. The van der Waals surface area contributed by atoms with Gasteiger partial charge in [-0.1, -0.05) is 13.8 Å². The van der Waals surface area contributed by atoms with Crippen molar-refractivity contribution < 1.29 is 4.74 Å². The van der Waals surface area contributed by atoms with Crippen LogP contribution in [0.4, 0.5) is 0 Å². The van der Waals surface area contributed by atoms with Crippen LogP contribution in [-0.4, -0.2) is 11.9 Å². The third-order valence-corrected chi connectivity index (χ3v) is 4.48. The van der Waals surface area contributed by atoms with Gasteiger partial charge in [0.1, 0.15) is 11.6 Å². The Balaban J connectivity index is 2.01. The first kappa shape index (κ1) is 14.4. The minimum atomic E-state index is 0.0674. The fourth-order valence-corrected chi connectivity index (χ4v) is 3.04. The Morgan fingerprint density at radius 2 is 2.00 bits per heavy atom. The van der Waals surface area contributed by atoms with Crippen molar-refractivity contribution in [1.29, 1.82) is 5.41 Å². The summed E-state index contributed by atoms with van der Waals surface area (Å²) in [5, 5.41) is 7.45. The molecule has 0 saturated heterocycles. The Kier molecular flexibility index (Phi) is 4.19. The molecule has 2 rings (SSSR count). The molecule has 104 valence electrons. The van der Waals surface area contributed by atoms with E-state index in [0.29, 0.717) is 17.1 Å². The number of hydrogen-bond donors (Lipinski definition) is 2. The molecule has 0 spiro atoms. The maximum Gasteiger partial charge on any atom is 0.123 e. The Bertz CT molecular complexity index is 475. The van der Waals surface area contributed by atoms with Crippen molar-refractivity contribution in [3.63, 3.8) is 0 Å². The molecule has 1 saturated carbocycles. The first-order valence-electron chi connectivity index (χ1n) is 6.68. The summed E-state index contributed by atoms with van der Waals surface area (Å²) in [5.74, 6) is 0.916. The highest BCUT2D eigenvalue weighted by Crippen LogP contribution is 2.36. The van der Waals surface area contributed by atoms with E-state index in [2.05, 4.69) is 29.8 Å². The number of amidine groups is 1. The molecule has 0 radical (unpaired) electrons. The lowest BCUT2D eigenvalue weighted by atomic mass is 9.76. The first-order valence-corrected chi connectivity index (χ1v) is 7.47. The van der Waals surface area contributed by atoms with Crippen LogP contribution in [0.1, 0.15) is 45.1 Å². The number of nitrogen functional groups attached to an aromatic ring is 1. The molecule has 0 aliphatic heterocycles. The molecule has 1 aliphatic carbocycles. The Labute approximate surface area is 123 Å². The molecule has 0 aromatic heterocycles. The van der Waals surface area contributed by atoms with Gasteiger partial charge < -0.3 is 10.5 Å². The number of halogens is 1. The van der Waals surface area contributed by atoms with E-state index in [1.165, 1.54) is 12.8 Å². The monoisotopic (exact) mass is 324 g/mol. The third kappa shape index (κ3) is 3.72. The standard InChI is InChI=1S/C15H21BrN2O/c1-15(2)7-5-10(6-8-15)19-11-3-4-12(14(17)18)13(16)9-11/h3-4,9-10H,5-8H2,1-2H3,(H3,17,18). The lowest BCUT2D eigenvalue weighted by molar-refractivity contribution is 0.0987. The highest BCUT2D eigenvalue weighted by molar-refractivity contribution is 9.10. The van der Waals surface area contributed by atoms with Crippen LogP contribution in [0.3, 0.4) is 0 Å². The Hall–Kier alpha value is -1.03. The van der Waals surface area contributed by atoms with E-state index in [1.807, 2.05) is 18.2 Å². The van der Waals surface area contributed by atoms with Gasteiger partial charge in [-0.05, 0) is 65.2 Å². The van der Waals surface area contributed by atoms with E-state index in [1.54, 1.807) is 0 Å². The zero-order chi connectivity index (χ0) is 14.0. The van der Waals surface area contributed by atoms with E-state index in [9.17, 15) is 0 Å². The van der Waals surface area contributed by atoms with Gasteiger partial charge in [0, 0.05) is 10.0 Å². The van der Waals surface area contributed by atoms with E-state index >= 15 is 0 Å². The van der Waals surface area contributed by atoms with Crippen LogP contribution in [0, 0.1) is 10.8 Å². The summed E-state index contributed by atoms with van der Waals surface area (Å²) < 4.78 is 6.84. The topological polar surface area (TPSA) is 59.1 Å². The molecule has 0 atom stereocenters. The van der Waals surface area contributed by atoms with Gasteiger partial charge in [-0.2, -0.15) is 0 Å². The lowest BCUT2D eigenvalue weighted by Crippen LogP contribution is -2.28. The van der Waals surface area contributed by atoms with Crippen LogP contribution in [-0.2, 0) is 0 Å². The van der Waals surface area contributed by atoms with Crippen molar-refractivity contribution in [2.45, 2.75) is 45.6 Å². The molecular formula is C15H21BrN2O. The molecule has 0 heterocycles. The number of nitrogens with two attached hydrogens (primary N) is 1. The second-order valence-electron chi connectivity index (χ2n) is 6.04. The molecule has 1 aliphatic rings. The molecule has 19 heavy (non-hydrogen) atoms. The maximum absolute atomic E-state index is 7.45. The normalized spacial score (nSPS) is 19.1. The summed E-state index contributed by atoms with van der Waals surface area (Å²) in [6, 6.07) is 5.62. The summed E-state index contributed by atoms with van der Waals surface area (Å²) in [7, 11) is 0. The summed E-state index contributed by atoms with van der Waals surface area (Å²) in [6.07, 6.45) is 4.95. The molecular weight excluding hydrogens is 304 g/mol. The molecule has 3 N–H and O–H groups in total. The zero-order valence-corrected chi connectivity index (χ0v) is 13.1. The molecule has 1 aromatic rings. The fraction of sp³-hybridized carbons (Fsp3) is 0.533. The smallest absolute Gasteiger partial charge is 0.123 e. The molecule has 1 aromatic carbocycles. The second kappa shape index (κ2) is 5.53. The largest absolute Gasteiger partial charge is 0.490 e. The van der Waals surface area contributed by atoms with Gasteiger partial charge in [-0.25, -0.2) is 0 Å². The van der Waals surface area contributed by atoms with Crippen LogP contribution >= 0.6 is 15.9 Å². The van der Waals surface area contributed by atoms with Gasteiger partial charge in [-0.15, -0.1) is 0 Å². The van der Waals surface area contributed by atoms with Gasteiger partial charge in [0.15, 0.2) is 0 Å². The van der Waals surface area contributed by atoms with Crippen molar-refractivity contribution in [3.05, 3.63) is 28.2 Å². The van der Waals surface area contributed by atoms with E-state index in [-0.39, 0.29) is 5.84 Å². The number of rotatable bonds is 3. The van der Waals surface area contributed by atoms with Crippen LogP contribution in [0.5, 0.6) is 5.75 Å². The predicted octanol–water partition coefficient (Wildman–Crippen LogP) is 4.08. The summed E-state index contributed by atoms with van der Waals surface area (Å²) in [6.45, 7) is 4.64. The highest BCUT2D eigenvalue weighted by Gasteiger charge is 2.27. The van der Waals surface area contributed by atoms with Crippen molar-refractivity contribution >= 4 is 21.8 Å². The molecule has 0 amide bonds. The molecule has 3 nitrogen and oxygen atoms in total. The molecule has 0 unspecified atom stereocenters. The number of ether oxygens (including phenoxy) is 1. The number of hydrogen-bond acceptors (Lipinski definition) is 2. The Morgan fingerprint density at radius 1 is 1.37 bits per heavy atom. The van der Waals surface area contributed by atoms with Crippen molar-refractivity contribution in [2.24, 2.45) is 11.1 Å². The average molecular weight is 325 g/mol. The molecule has 1 fully saturated rings. The predicted molar refractivity (Wildman–Crippen MR) is 81.8 cm³/mol. The molecule has 0 bridgehead atoms. The summed E-state index contributed by atoms with van der Waals surface area (Å²) >= 11 is 3.43. The van der Waals surface area contributed by atoms with Crippen molar-refractivity contribution in [3.8, 4) is 5.75 Å². The van der Waals surface area contributed by atoms with Gasteiger partial charge >= 0.3 is 0 Å². The quantitative estimate of drug-likeness (QED) is 0.650.